The van der Waals surface area contributed by atoms with E-state index in [2.05, 4.69) is 34.1 Å². The second-order valence-corrected chi connectivity index (χ2v) is 6.46. The van der Waals surface area contributed by atoms with Crippen LogP contribution >= 0.6 is 0 Å². The van der Waals surface area contributed by atoms with Gasteiger partial charge in [-0.2, -0.15) is 0 Å². The maximum absolute atomic E-state index is 11.1. The summed E-state index contributed by atoms with van der Waals surface area (Å²) in [6, 6.07) is 13.5. The highest BCUT2D eigenvalue weighted by Gasteiger charge is 2.22. The monoisotopic (exact) mass is 357 g/mol. The minimum Gasteiger partial charge on any atom is -0.500 e. The summed E-state index contributed by atoms with van der Waals surface area (Å²) < 4.78 is 5.07. The number of phenols is 1. The van der Waals surface area contributed by atoms with Crippen LogP contribution < -0.4 is 4.74 Å². The highest BCUT2D eigenvalue weighted by molar-refractivity contribution is 5.57. The fourth-order valence-electron chi connectivity index (χ4n) is 3.24. The summed E-state index contributed by atoms with van der Waals surface area (Å²) in [4.78, 5) is 15.2. The fourth-order valence-corrected chi connectivity index (χ4v) is 3.24. The molecule has 0 saturated carbocycles. The van der Waals surface area contributed by atoms with Crippen molar-refractivity contribution in [1.29, 1.82) is 0 Å². The van der Waals surface area contributed by atoms with Gasteiger partial charge in [0.05, 0.1) is 12.0 Å². The van der Waals surface area contributed by atoms with Gasteiger partial charge in [-0.05, 0) is 17.2 Å². The van der Waals surface area contributed by atoms with Gasteiger partial charge in [0, 0.05) is 45.3 Å². The number of rotatable bonds is 6. The molecule has 1 fully saturated rings. The van der Waals surface area contributed by atoms with Crippen molar-refractivity contribution in [3.05, 3.63) is 63.7 Å². The Labute approximate surface area is 152 Å². The normalized spacial score (nSPS) is 15.7. The van der Waals surface area contributed by atoms with E-state index in [9.17, 15) is 15.2 Å². The first-order valence-electron chi connectivity index (χ1n) is 8.59. The first kappa shape index (κ1) is 18.2. The summed E-state index contributed by atoms with van der Waals surface area (Å²) in [5.41, 5.74) is 1.75. The van der Waals surface area contributed by atoms with Crippen molar-refractivity contribution in [3.8, 4) is 11.5 Å². The zero-order chi connectivity index (χ0) is 18.5. The van der Waals surface area contributed by atoms with Crippen LogP contribution in [0.2, 0.25) is 0 Å². The summed E-state index contributed by atoms with van der Waals surface area (Å²) >= 11 is 0. The van der Waals surface area contributed by atoms with Crippen molar-refractivity contribution in [2.24, 2.45) is 0 Å². The van der Waals surface area contributed by atoms with Gasteiger partial charge >= 0.3 is 5.69 Å². The number of ether oxygens (including phenoxy) is 1. The van der Waals surface area contributed by atoms with Gasteiger partial charge in [0.25, 0.3) is 0 Å². The number of benzene rings is 2. The van der Waals surface area contributed by atoms with Crippen LogP contribution in [0.15, 0.2) is 42.5 Å². The minimum atomic E-state index is -0.584. The number of methoxy groups -OCH3 is 1. The Hall–Kier alpha value is -2.64. The van der Waals surface area contributed by atoms with E-state index in [0.717, 1.165) is 38.3 Å². The molecule has 0 unspecified atom stereocenters. The number of hydrogen-bond donors (Lipinski definition) is 1. The molecular formula is C19H23N3O4. The number of piperazine rings is 1. The first-order chi connectivity index (χ1) is 12.6. The molecule has 1 aliphatic heterocycles. The van der Waals surface area contributed by atoms with Gasteiger partial charge in [0.2, 0.25) is 5.75 Å². The van der Waals surface area contributed by atoms with Crippen molar-refractivity contribution in [3.63, 3.8) is 0 Å². The van der Waals surface area contributed by atoms with Gasteiger partial charge in [-0.25, -0.2) is 0 Å². The lowest BCUT2D eigenvalue weighted by Crippen LogP contribution is -2.45. The highest BCUT2D eigenvalue weighted by Crippen LogP contribution is 2.37. The third-order valence-electron chi connectivity index (χ3n) is 4.65. The molecule has 7 nitrogen and oxygen atoms in total. The Balaban J connectivity index is 1.61. The minimum absolute atomic E-state index is 0.136. The van der Waals surface area contributed by atoms with E-state index in [1.54, 1.807) is 6.07 Å². The third kappa shape index (κ3) is 4.30. The molecule has 0 aliphatic carbocycles. The summed E-state index contributed by atoms with van der Waals surface area (Å²) in [6.45, 7) is 5.22. The van der Waals surface area contributed by atoms with E-state index in [0.29, 0.717) is 6.54 Å². The number of aromatic hydroxyl groups is 1. The smallest absolute Gasteiger partial charge is 0.314 e. The predicted octanol–water partition coefficient (Wildman–Crippen LogP) is 2.63. The standard InChI is InChI=1S/C19H23N3O4/c1-26-18-12-16(11-17(19(18)23)22(24)25)14-21-9-7-20(8-10-21)13-15-5-3-2-4-6-15/h2-6,11-12,23H,7-10,13-14H2,1H3. The van der Waals surface area contributed by atoms with Gasteiger partial charge in [0.15, 0.2) is 5.75 Å². The zero-order valence-corrected chi connectivity index (χ0v) is 14.8. The molecule has 0 amide bonds. The number of nitro benzene ring substituents is 1. The SMILES string of the molecule is COc1cc(CN2CCN(Cc3ccccc3)CC2)cc([N+](=O)[O-])c1O. The fraction of sp³-hybridized carbons (Fsp3) is 0.368. The number of hydrogen-bond acceptors (Lipinski definition) is 6. The van der Waals surface area contributed by atoms with E-state index in [4.69, 9.17) is 4.74 Å². The van der Waals surface area contributed by atoms with Crippen molar-refractivity contribution < 1.29 is 14.8 Å². The Morgan fingerprint density at radius 2 is 1.62 bits per heavy atom. The third-order valence-corrected chi connectivity index (χ3v) is 4.65. The summed E-state index contributed by atoms with van der Waals surface area (Å²) in [5, 5.41) is 21.0. The van der Waals surface area contributed by atoms with Crippen LogP contribution in [0.1, 0.15) is 11.1 Å². The Morgan fingerprint density at radius 3 is 2.15 bits per heavy atom. The Kier molecular flexibility index (Phi) is 5.70. The average Bonchev–Trinajstić information content (AvgIpc) is 2.65. The molecule has 0 aromatic heterocycles. The molecule has 3 rings (SSSR count). The maximum atomic E-state index is 11.1. The van der Waals surface area contributed by atoms with Gasteiger partial charge < -0.3 is 9.84 Å². The van der Waals surface area contributed by atoms with Crippen LogP contribution in [0.25, 0.3) is 0 Å². The highest BCUT2D eigenvalue weighted by atomic mass is 16.6. The molecule has 0 bridgehead atoms. The van der Waals surface area contributed by atoms with Crippen molar-refractivity contribution in [2.45, 2.75) is 13.1 Å². The van der Waals surface area contributed by atoms with Crippen LogP contribution in [0.3, 0.4) is 0 Å². The summed E-state index contributed by atoms with van der Waals surface area (Å²) in [7, 11) is 1.39. The molecule has 0 atom stereocenters. The largest absolute Gasteiger partial charge is 0.500 e. The van der Waals surface area contributed by atoms with E-state index >= 15 is 0 Å². The zero-order valence-electron chi connectivity index (χ0n) is 14.8. The van der Waals surface area contributed by atoms with Crippen LogP contribution in [0, 0.1) is 10.1 Å². The molecule has 2 aromatic carbocycles. The molecule has 1 N–H and O–H groups in total. The lowest BCUT2D eigenvalue weighted by Gasteiger charge is -2.34. The molecular weight excluding hydrogens is 334 g/mol. The van der Waals surface area contributed by atoms with E-state index in [1.165, 1.54) is 18.7 Å². The van der Waals surface area contributed by atoms with Gasteiger partial charge in [-0.1, -0.05) is 30.3 Å². The van der Waals surface area contributed by atoms with Gasteiger partial charge in [0.1, 0.15) is 0 Å². The number of nitrogens with zero attached hydrogens (tertiary/aromatic N) is 3. The second kappa shape index (κ2) is 8.16. The molecule has 1 heterocycles. The van der Waals surface area contributed by atoms with Crippen molar-refractivity contribution in [1.82, 2.24) is 9.80 Å². The van der Waals surface area contributed by atoms with Crippen molar-refractivity contribution in [2.75, 3.05) is 33.3 Å². The molecule has 2 aromatic rings. The van der Waals surface area contributed by atoms with Crippen LogP contribution in [0.5, 0.6) is 11.5 Å². The van der Waals surface area contributed by atoms with Crippen molar-refractivity contribution >= 4 is 5.69 Å². The number of phenolic OH excluding ortho intramolecular Hbond substituents is 1. The quantitative estimate of drug-likeness (QED) is 0.632. The van der Waals surface area contributed by atoms with E-state index in [-0.39, 0.29) is 11.4 Å². The van der Waals surface area contributed by atoms with E-state index < -0.39 is 10.7 Å². The molecule has 7 heteroatoms. The maximum Gasteiger partial charge on any atom is 0.314 e. The topological polar surface area (TPSA) is 79.1 Å². The number of nitro groups is 1. The molecule has 1 saturated heterocycles. The molecule has 138 valence electrons. The van der Waals surface area contributed by atoms with Crippen LogP contribution in [-0.4, -0.2) is 53.1 Å². The molecule has 26 heavy (non-hydrogen) atoms. The van der Waals surface area contributed by atoms with Gasteiger partial charge in [-0.15, -0.1) is 0 Å². The lowest BCUT2D eigenvalue weighted by molar-refractivity contribution is -0.386. The molecule has 0 spiro atoms. The molecule has 0 radical (unpaired) electrons. The predicted molar refractivity (Wildman–Crippen MR) is 98.3 cm³/mol. The van der Waals surface area contributed by atoms with E-state index in [1.807, 2.05) is 6.07 Å². The first-order valence-corrected chi connectivity index (χ1v) is 8.59. The summed E-state index contributed by atoms with van der Waals surface area (Å²) in [6.07, 6.45) is 0. The van der Waals surface area contributed by atoms with Crippen LogP contribution in [-0.2, 0) is 13.1 Å². The Bertz CT molecular complexity index is 759. The lowest BCUT2D eigenvalue weighted by atomic mass is 10.1. The van der Waals surface area contributed by atoms with Gasteiger partial charge in [-0.3, -0.25) is 19.9 Å². The average molecular weight is 357 g/mol. The molecule has 1 aliphatic rings. The Morgan fingerprint density at radius 1 is 1.04 bits per heavy atom. The summed E-state index contributed by atoms with van der Waals surface area (Å²) in [5.74, 6) is -0.286. The van der Waals surface area contributed by atoms with Crippen LogP contribution in [0.4, 0.5) is 5.69 Å². The second-order valence-electron chi connectivity index (χ2n) is 6.46.